The molecule has 0 bridgehead atoms. The van der Waals surface area contributed by atoms with Crippen LogP contribution < -0.4 is 5.32 Å². The fourth-order valence-electron chi connectivity index (χ4n) is 2.23. The third-order valence-corrected chi connectivity index (χ3v) is 3.44. The molecule has 0 radical (unpaired) electrons. The summed E-state index contributed by atoms with van der Waals surface area (Å²) < 4.78 is 5.71. The van der Waals surface area contributed by atoms with Gasteiger partial charge in [-0.25, -0.2) is 0 Å². The molecule has 0 heterocycles. The molecule has 3 heteroatoms. The van der Waals surface area contributed by atoms with Crippen molar-refractivity contribution < 1.29 is 4.74 Å². The van der Waals surface area contributed by atoms with Gasteiger partial charge in [0.25, 0.3) is 0 Å². The Balaban J connectivity index is 2.22. The minimum atomic E-state index is -0.417. The summed E-state index contributed by atoms with van der Waals surface area (Å²) in [6.07, 6.45) is 7.22. The van der Waals surface area contributed by atoms with Crippen molar-refractivity contribution in [3.8, 4) is 6.07 Å². The van der Waals surface area contributed by atoms with Crippen LogP contribution in [0.25, 0.3) is 0 Å². The van der Waals surface area contributed by atoms with Crippen molar-refractivity contribution in [1.82, 2.24) is 5.32 Å². The molecule has 3 nitrogen and oxygen atoms in total. The van der Waals surface area contributed by atoms with Gasteiger partial charge in [-0.15, -0.1) is 0 Å². The van der Waals surface area contributed by atoms with Gasteiger partial charge in [0.15, 0.2) is 0 Å². The number of nitrogens with one attached hydrogen (secondary N) is 1. The largest absolute Gasteiger partial charge is 0.378 e. The predicted octanol–water partition coefficient (Wildman–Crippen LogP) is 2.87. The van der Waals surface area contributed by atoms with Crippen LogP contribution in [-0.4, -0.2) is 25.3 Å². The molecular formula is C14H26N2O. The first kappa shape index (κ1) is 14.5. The maximum absolute atomic E-state index is 9.37. The Hall–Kier alpha value is -0.590. The lowest BCUT2D eigenvalue weighted by Crippen LogP contribution is -2.50. The summed E-state index contributed by atoms with van der Waals surface area (Å²) in [5, 5.41) is 12.7. The second-order valence-corrected chi connectivity index (χ2v) is 5.00. The average molecular weight is 238 g/mol. The molecule has 0 saturated heterocycles. The molecule has 1 atom stereocenters. The van der Waals surface area contributed by atoms with E-state index in [4.69, 9.17) is 4.74 Å². The second-order valence-electron chi connectivity index (χ2n) is 5.00. The smallest absolute Gasteiger partial charge is 0.133 e. The van der Waals surface area contributed by atoms with Crippen LogP contribution in [-0.2, 0) is 4.74 Å². The normalized spacial score (nSPS) is 18.6. The molecule has 0 amide bonds. The zero-order valence-corrected chi connectivity index (χ0v) is 11.3. The van der Waals surface area contributed by atoms with E-state index < -0.39 is 5.54 Å². The van der Waals surface area contributed by atoms with Gasteiger partial charge in [0.05, 0.1) is 12.7 Å². The van der Waals surface area contributed by atoms with E-state index >= 15 is 0 Å². The van der Waals surface area contributed by atoms with Crippen LogP contribution in [0.15, 0.2) is 0 Å². The van der Waals surface area contributed by atoms with E-state index in [-0.39, 0.29) is 0 Å². The van der Waals surface area contributed by atoms with E-state index in [1.807, 2.05) is 0 Å². The van der Waals surface area contributed by atoms with Crippen LogP contribution in [0.1, 0.15) is 52.4 Å². The number of nitriles is 1. The highest BCUT2D eigenvalue weighted by Gasteiger charge is 2.45. The topological polar surface area (TPSA) is 45.0 Å². The first-order chi connectivity index (χ1) is 8.29. The SMILES string of the molecule is CCCCCCOCC(C#N)(NCC)C1CC1. The minimum Gasteiger partial charge on any atom is -0.378 e. The van der Waals surface area contributed by atoms with Crippen LogP contribution >= 0.6 is 0 Å². The second kappa shape index (κ2) is 7.68. The number of rotatable bonds is 10. The van der Waals surface area contributed by atoms with Gasteiger partial charge in [0, 0.05) is 6.61 Å². The number of hydrogen-bond acceptors (Lipinski definition) is 3. The van der Waals surface area contributed by atoms with Crippen molar-refractivity contribution in [3.63, 3.8) is 0 Å². The summed E-state index contributed by atoms with van der Waals surface area (Å²) in [6.45, 7) is 6.44. The molecule has 1 aliphatic carbocycles. The highest BCUT2D eigenvalue weighted by Crippen LogP contribution is 2.39. The standard InChI is InChI=1S/C14H26N2O/c1-3-5-6-7-10-17-12-14(11-15,16-4-2)13-8-9-13/h13,16H,3-10,12H2,1-2H3. The highest BCUT2D eigenvalue weighted by molar-refractivity contribution is 5.15. The molecule has 1 saturated carbocycles. The number of nitrogens with zero attached hydrogens (tertiary/aromatic N) is 1. The fraction of sp³-hybridized carbons (Fsp3) is 0.929. The van der Waals surface area contributed by atoms with Gasteiger partial charge in [0.1, 0.15) is 5.54 Å². The minimum absolute atomic E-state index is 0.417. The number of ether oxygens (including phenoxy) is 1. The zero-order chi connectivity index (χ0) is 12.6. The van der Waals surface area contributed by atoms with Crippen molar-refractivity contribution in [2.45, 2.75) is 57.9 Å². The Kier molecular flexibility index (Phi) is 6.54. The van der Waals surface area contributed by atoms with E-state index in [2.05, 4.69) is 25.2 Å². The summed E-state index contributed by atoms with van der Waals surface area (Å²) in [7, 11) is 0. The van der Waals surface area contributed by atoms with E-state index in [1.54, 1.807) is 0 Å². The molecule has 0 aromatic rings. The van der Waals surface area contributed by atoms with Gasteiger partial charge in [0.2, 0.25) is 0 Å². The summed E-state index contributed by atoms with van der Waals surface area (Å²) in [5.74, 6) is 0.503. The summed E-state index contributed by atoms with van der Waals surface area (Å²) in [6, 6.07) is 2.44. The van der Waals surface area contributed by atoms with Crippen LogP contribution in [0.3, 0.4) is 0 Å². The average Bonchev–Trinajstić information content (AvgIpc) is 3.16. The maximum atomic E-state index is 9.37. The molecule has 1 unspecified atom stereocenters. The van der Waals surface area contributed by atoms with Crippen molar-refractivity contribution in [1.29, 1.82) is 5.26 Å². The van der Waals surface area contributed by atoms with Gasteiger partial charge in [-0.1, -0.05) is 33.1 Å². The Morgan fingerprint density at radius 2 is 2.06 bits per heavy atom. The lowest BCUT2D eigenvalue weighted by atomic mass is 9.96. The molecule has 0 aliphatic heterocycles. The zero-order valence-electron chi connectivity index (χ0n) is 11.3. The van der Waals surface area contributed by atoms with Gasteiger partial charge in [-0.2, -0.15) is 5.26 Å². The van der Waals surface area contributed by atoms with E-state index in [0.29, 0.717) is 12.5 Å². The van der Waals surface area contributed by atoms with E-state index in [9.17, 15) is 5.26 Å². The van der Waals surface area contributed by atoms with Gasteiger partial charge in [-0.05, 0) is 31.7 Å². The number of likely N-dealkylation sites (N-methyl/N-ethyl adjacent to an activating group) is 1. The highest BCUT2D eigenvalue weighted by atomic mass is 16.5. The van der Waals surface area contributed by atoms with E-state index in [0.717, 1.165) is 19.6 Å². The lowest BCUT2D eigenvalue weighted by Gasteiger charge is -2.27. The number of hydrogen-bond donors (Lipinski definition) is 1. The van der Waals surface area contributed by atoms with Crippen LogP contribution in [0.5, 0.6) is 0 Å². The fourth-order valence-corrected chi connectivity index (χ4v) is 2.23. The van der Waals surface area contributed by atoms with Gasteiger partial charge in [-0.3, -0.25) is 5.32 Å². The van der Waals surface area contributed by atoms with Crippen LogP contribution in [0, 0.1) is 17.2 Å². The van der Waals surface area contributed by atoms with Crippen molar-refractivity contribution in [3.05, 3.63) is 0 Å². The molecule has 98 valence electrons. The molecule has 1 rings (SSSR count). The van der Waals surface area contributed by atoms with Gasteiger partial charge < -0.3 is 4.74 Å². The lowest BCUT2D eigenvalue weighted by molar-refractivity contribution is 0.0788. The Morgan fingerprint density at radius 1 is 1.29 bits per heavy atom. The molecule has 1 fully saturated rings. The van der Waals surface area contributed by atoms with Crippen LogP contribution in [0.4, 0.5) is 0 Å². The summed E-state index contributed by atoms with van der Waals surface area (Å²) >= 11 is 0. The Morgan fingerprint density at radius 3 is 2.59 bits per heavy atom. The van der Waals surface area contributed by atoms with Crippen molar-refractivity contribution >= 4 is 0 Å². The molecular weight excluding hydrogens is 212 g/mol. The molecule has 0 spiro atoms. The predicted molar refractivity (Wildman–Crippen MR) is 69.7 cm³/mol. The molecule has 1 aliphatic rings. The summed E-state index contributed by atoms with van der Waals surface area (Å²) in [5.41, 5.74) is -0.417. The van der Waals surface area contributed by atoms with Crippen molar-refractivity contribution in [2.75, 3.05) is 19.8 Å². The Labute approximate surface area is 106 Å². The van der Waals surface area contributed by atoms with Crippen LogP contribution in [0.2, 0.25) is 0 Å². The monoisotopic (exact) mass is 238 g/mol. The number of unbranched alkanes of at least 4 members (excludes halogenated alkanes) is 3. The maximum Gasteiger partial charge on any atom is 0.133 e. The third kappa shape index (κ3) is 4.65. The quantitative estimate of drug-likeness (QED) is 0.595. The Bertz CT molecular complexity index is 245. The molecule has 17 heavy (non-hydrogen) atoms. The first-order valence-corrected chi connectivity index (χ1v) is 7.03. The van der Waals surface area contributed by atoms with Gasteiger partial charge >= 0.3 is 0 Å². The third-order valence-electron chi connectivity index (χ3n) is 3.44. The van der Waals surface area contributed by atoms with Crippen molar-refractivity contribution in [2.24, 2.45) is 5.92 Å². The molecule has 1 N–H and O–H groups in total. The summed E-state index contributed by atoms with van der Waals surface area (Å²) in [4.78, 5) is 0. The molecule has 0 aromatic carbocycles. The molecule has 0 aromatic heterocycles. The van der Waals surface area contributed by atoms with E-state index in [1.165, 1.54) is 32.1 Å². The first-order valence-electron chi connectivity index (χ1n) is 7.03.